The van der Waals surface area contributed by atoms with Crippen molar-refractivity contribution in [3.63, 3.8) is 0 Å². The molecule has 0 bridgehead atoms. The summed E-state index contributed by atoms with van der Waals surface area (Å²) in [7, 11) is -0.284. The maximum atomic E-state index is 8.67. The lowest BCUT2D eigenvalue weighted by Crippen LogP contribution is -2.31. The van der Waals surface area contributed by atoms with Crippen LogP contribution in [0, 0.1) is 11.3 Å². The van der Waals surface area contributed by atoms with Gasteiger partial charge in [0.1, 0.15) is 0 Å². The molecule has 64 valence electrons. The Hall–Kier alpha value is -1.31. The van der Waals surface area contributed by atoms with E-state index in [0.29, 0.717) is 18.8 Å². The van der Waals surface area contributed by atoms with Crippen LogP contribution >= 0.6 is 0 Å². The van der Waals surface area contributed by atoms with Gasteiger partial charge in [-0.1, -0.05) is 12.1 Å². The van der Waals surface area contributed by atoms with Crippen molar-refractivity contribution < 1.29 is 9.31 Å². The fourth-order valence-corrected chi connectivity index (χ4v) is 1.31. The van der Waals surface area contributed by atoms with Crippen LogP contribution in [0.1, 0.15) is 5.56 Å². The quantitative estimate of drug-likeness (QED) is 0.573. The van der Waals surface area contributed by atoms with Crippen LogP contribution in [0.3, 0.4) is 0 Å². The third-order valence-corrected chi connectivity index (χ3v) is 1.91. The molecule has 0 unspecified atom stereocenters. The van der Waals surface area contributed by atoms with E-state index in [1.165, 1.54) is 0 Å². The molecule has 1 fully saturated rings. The Morgan fingerprint density at radius 2 is 2.08 bits per heavy atom. The van der Waals surface area contributed by atoms with Crippen LogP contribution in [0.15, 0.2) is 24.3 Å². The zero-order valence-electron chi connectivity index (χ0n) is 7.06. The first-order valence-corrected chi connectivity index (χ1v) is 4.13. The lowest BCUT2D eigenvalue weighted by Gasteiger charge is -2.03. The van der Waals surface area contributed by atoms with Gasteiger partial charge in [0.25, 0.3) is 0 Å². The molecular weight excluding hydrogens is 165 g/mol. The van der Waals surface area contributed by atoms with Crippen LogP contribution in [0.5, 0.6) is 0 Å². The predicted molar refractivity (Wildman–Crippen MR) is 48.4 cm³/mol. The molecule has 3 nitrogen and oxygen atoms in total. The molecule has 1 aliphatic rings. The average Bonchev–Trinajstić information content (AvgIpc) is 2.71. The molecule has 13 heavy (non-hydrogen) atoms. The zero-order valence-corrected chi connectivity index (χ0v) is 7.06. The van der Waals surface area contributed by atoms with Gasteiger partial charge in [-0.2, -0.15) is 5.26 Å². The van der Waals surface area contributed by atoms with Crippen LogP contribution in [0.2, 0.25) is 0 Å². The Morgan fingerprint density at radius 3 is 2.77 bits per heavy atom. The molecule has 0 amide bonds. The summed E-state index contributed by atoms with van der Waals surface area (Å²) in [6.45, 7) is 1.25. The summed E-state index contributed by atoms with van der Waals surface area (Å²) in [5.74, 6) is 0. The highest BCUT2D eigenvalue weighted by molar-refractivity contribution is 6.61. The van der Waals surface area contributed by atoms with Crippen LogP contribution in [-0.2, 0) is 9.31 Å². The standard InChI is InChI=1S/C9H8BNO2/c11-7-8-2-1-3-9(6-8)10-12-4-5-13-10/h1-3,6H,4-5H2. The van der Waals surface area contributed by atoms with E-state index in [0.717, 1.165) is 5.46 Å². The van der Waals surface area contributed by atoms with E-state index in [1.54, 1.807) is 12.1 Å². The Labute approximate surface area is 77.0 Å². The van der Waals surface area contributed by atoms with Crippen LogP contribution in [0.4, 0.5) is 0 Å². The van der Waals surface area contributed by atoms with E-state index in [1.807, 2.05) is 12.1 Å². The first-order valence-electron chi connectivity index (χ1n) is 4.13. The number of hydrogen-bond donors (Lipinski definition) is 0. The van der Waals surface area contributed by atoms with Crippen molar-refractivity contribution in [2.75, 3.05) is 13.2 Å². The Kier molecular flexibility index (Phi) is 2.30. The molecule has 1 heterocycles. The minimum Gasteiger partial charge on any atom is -0.405 e. The lowest BCUT2D eigenvalue weighted by atomic mass is 9.79. The minimum absolute atomic E-state index is 0.284. The molecular formula is C9H8BNO2. The van der Waals surface area contributed by atoms with Gasteiger partial charge in [-0.15, -0.1) is 0 Å². The number of hydrogen-bond acceptors (Lipinski definition) is 3. The van der Waals surface area contributed by atoms with Gasteiger partial charge in [0.05, 0.1) is 24.8 Å². The van der Waals surface area contributed by atoms with E-state index >= 15 is 0 Å². The number of nitrogens with zero attached hydrogens (tertiary/aromatic N) is 1. The van der Waals surface area contributed by atoms with Crippen molar-refractivity contribution in [2.45, 2.75) is 0 Å². The normalized spacial score (nSPS) is 15.8. The first kappa shape index (κ1) is 8.30. The monoisotopic (exact) mass is 173 g/mol. The van der Waals surface area contributed by atoms with Crippen molar-refractivity contribution in [2.24, 2.45) is 0 Å². The Balaban J connectivity index is 2.25. The van der Waals surface area contributed by atoms with Gasteiger partial charge in [-0.05, 0) is 17.6 Å². The minimum atomic E-state index is -0.284. The maximum absolute atomic E-state index is 8.67. The molecule has 0 aromatic heterocycles. The second kappa shape index (κ2) is 3.61. The van der Waals surface area contributed by atoms with Crippen molar-refractivity contribution in [3.8, 4) is 6.07 Å². The summed E-state index contributed by atoms with van der Waals surface area (Å²) >= 11 is 0. The van der Waals surface area contributed by atoms with Crippen molar-refractivity contribution in [3.05, 3.63) is 29.8 Å². The summed E-state index contributed by atoms with van der Waals surface area (Å²) in [4.78, 5) is 0. The largest absolute Gasteiger partial charge is 0.494 e. The van der Waals surface area contributed by atoms with E-state index in [4.69, 9.17) is 14.6 Å². The van der Waals surface area contributed by atoms with Crippen molar-refractivity contribution in [1.82, 2.24) is 0 Å². The first-order chi connectivity index (χ1) is 6.40. The second-order valence-electron chi connectivity index (χ2n) is 2.81. The molecule has 1 aromatic carbocycles. The van der Waals surface area contributed by atoms with Crippen molar-refractivity contribution >= 4 is 12.6 Å². The summed E-state index contributed by atoms with van der Waals surface area (Å²) in [6, 6.07) is 9.36. The van der Waals surface area contributed by atoms with Gasteiger partial charge in [-0.3, -0.25) is 0 Å². The van der Waals surface area contributed by atoms with Crippen LogP contribution in [0.25, 0.3) is 0 Å². The molecule has 0 N–H and O–H groups in total. The molecule has 0 spiro atoms. The third-order valence-electron chi connectivity index (χ3n) is 1.91. The molecule has 1 aromatic rings. The van der Waals surface area contributed by atoms with Gasteiger partial charge in [0.15, 0.2) is 0 Å². The highest BCUT2D eigenvalue weighted by Gasteiger charge is 2.25. The molecule has 1 aliphatic heterocycles. The molecule has 0 radical (unpaired) electrons. The smallest absolute Gasteiger partial charge is 0.405 e. The van der Waals surface area contributed by atoms with Crippen molar-refractivity contribution in [1.29, 1.82) is 5.26 Å². The summed E-state index contributed by atoms with van der Waals surface area (Å²) in [5, 5.41) is 8.67. The Bertz CT molecular complexity index is 342. The van der Waals surface area contributed by atoms with Gasteiger partial charge < -0.3 is 9.31 Å². The molecule has 2 rings (SSSR count). The van der Waals surface area contributed by atoms with E-state index in [9.17, 15) is 0 Å². The highest BCUT2D eigenvalue weighted by Crippen LogP contribution is 2.02. The van der Waals surface area contributed by atoms with Gasteiger partial charge in [-0.25, -0.2) is 0 Å². The molecule has 0 atom stereocenters. The SMILES string of the molecule is N#Cc1cccc(B2OCCO2)c1. The van der Waals surface area contributed by atoms with Gasteiger partial charge in [0.2, 0.25) is 0 Å². The third kappa shape index (κ3) is 1.72. The summed E-state index contributed by atoms with van der Waals surface area (Å²) in [5.41, 5.74) is 1.55. The fraction of sp³-hybridized carbons (Fsp3) is 0.222. The number of benzene rings is 1. The zero-order chi connectivity index (χ0) is 9.10. The summed E-state index contributed by atoms with van der Waals surface area (Å²) < 4.78 is 10.6. The van der Waals surface area contributed by atoms with Crippen LogP contribution in [-0.4, -0.2) is 20.3 Å². The number of rotatable bonds is 1. The average molecular weight is 173 g/mol. The maximum Gasteiger partial charge on any atom is 0.494 e. The highest BCUT2D eigenvalue weighted by atomic mass is 16.6. The van der Waals surface area contributed by atoms with Crippen LogP contribution < -0.4 is 5.46 Å². The lowest BCUT2D eigenvalue weighted by molar-refractivity contribution is 0.365. The Morgan fingerprint density at radius 1 is 1.31 bits per heavy atom. The molecule has 0 aliphatic carbocycles. The molecule has 4 heteroatoms. The van der Waals surface area contributed by atoms with Gasteiger partial charge in [0, 0.05) is 0 Å². The van der Waals surface area contributed by atoms with E-state index in [2.05, 4.69) is 6.07 Å². The van der Waals surface area contributed by atoms with E-state index < -0.39 is 0 Å². The summed E-state index contributed by atoms with van der Waals surface area (Å²) in [6.07, 6.45) is 0. The predicted octanol–water partition coefficient (Wildman–Crippen LogP) is 0.300. The second-order valence-corrected chi connectivity index (χ2v) is 2.81. The van der Waals surface area contributed by atoms with E-state index in [-0.39, 0.29) is 7.12 Å². The topological polar surface area (TPSA) is 42.2 Å². The molecule has 1 saturated heterocycles. The fourth-order valence-electron chi connectivity index (χ4n) is 1.31. The molecule has 0 saturated carbocycles. The van der Waals surface area contributed by atoms with Gasteiger partial charge >= 0.3 is 7.12 Å². The number of nitriles is 1.